The molecular weight excluding hydrogens is 156 g/mol. The van der Waals surface area contributed by atoms with Gasteiger partial charge in [0.2, 0.25) is 0 Å². The molecule has 1 fully saturated rings. The van der Waals surface area contributed by atoms with Crippen molar-refractivity contribution in [3.8, 4) is 11.1 Å². The van der Waals surface area contributed by atoms with E-state index in [2.05, 4.69) is 36.4 Å². The maximum Gasteiger partial charge on any atom is 0.0216 e. The van der Waals surface area contributed by atoms with Crippen molar-refractivity contribution in [3.63, 3.8) is 0 Å². The molecule has 0 heterocycles. The van der Waals surface area contributed by atoms with Crippen molar-refractivity contribution in [2.75, 3.05) is 0 Å². The first-order chi connectivity index (χ1) is 6.42. The Balaban J connectivity index is 2.28. The number of fused-ring (bicyclic) bond motifs is 2. The molecule has 0 aromatic heterocycles. The summed E-state index contributed by atoms with van der Waals surface area (Å²) in [5.41, 5.74) is 6.67. The zero-order valence-corrected chi connectivity index (χ0v) is 7.38. The van der Waals surface area contributed by atoms with Crippen molar-refractivity contribution < 1.29 is 0 Å². The molecule has 4 bridgehead atoms. The van der Waals surface area contributed by atoms with Gasteiger partial charge in [-0.05, 0) is 35.1 Å². The molecule has 0 aromatic rings. The second kappa shape index (κ2) is 1.65. The molecule has 0 amide bonds. The smallest absolute Gasteiger partial charge is 0.0216 e. The summed E-state index contributed by atoms with van der Waals surface area (Å²) in [6.07, 6.45) is 2.74. The van der Waals surface area contributed by atoms with Crippen LogP contribution in [0.4, 0.5) is 0 Å². The number of hydrogen-bond donors (Lipinski definition) is 0. The van der Waals surface area contributed by atoms with E-state index in [0.29, 0.717) is 5.41 Å². The number of hydrogen-bond acceptors (Lipinski definition) is 0. The van der Waals surface area contributed by atoms with Crippen molar-refractivity contribution >= 4 is 0 Å². The maximum absolute atomic E-state index is 2.32. The van der Waals surface area contributed by atoms with Crippen molar-refractivity contribution in [3.05, 3.63) is 47.5 Å². The van der Waals surface area contributed by atoms with Crippen LogP contribution < -0.4 is 0 Å². The van der Waals surface area contributed by atoms with Gasteiger partial charge in [0.25, 0.3) is 0 Å². The monoisotopic (exact) mass is 166 g/mol. The second-order valence-electron chi connectivity index (χ2n) is 4.29. The van der Waals surface area contributed by atoms with Crippen LogP contribution in [0.3, 0.4) is 0 Å². The summed E-state index contributed by atoms with van der Waals surface area (Å²) in [5.74, 6) is 0. The molecule has 0 atom stereocenters. The van der Waals surface area contributed by atoms with Crippen LogP contribution in [0, 0.1) is 0 Å². The molecular formula is C13H10. The summed E-state index contributed by atoms with van der Waals surface area (Å²) < 4.78 is 0. The molecule has 0 unspecified atom stereocenters. The summed E-state index contributed by atoms with van der Waals surface area (Å²) in [7, 11) is 0. The van der Waals surface area contributed by atoms with Crippen LogP contribution in [-0.4, -0.2) is 0 Å². The standard InChI is InChI=1S/C13H10/c1-2-4-11-10-5-6-12(9(10)3-1)13(11)7-8-13/h1-6H,7-8H2. The van der Waals surface area contributed by atoms with E-state index in [4.69, 9.17) is 0 Å². The highest BCUT2D eigenvalue weighted by Crippen LogP contribution is 2.63. The molecule has 0 saturated heterocycles. The van der Waals surface area contributed by atoms with E-state index in [-0.39, 0.29) is 0 Å². The molecule has 0 nitrogen and oxygen atoms in total. The van der Waals surface area contributed by atoms with Gasteiger partial charge in [-0.25, -0.2) is 0 Å². The summed E-state index contributed by atoms with van der Waals surface area (Å²) in [4.78, 5) is 0. The molecule has 1 saturated carbocycles. The molecule has 4 aliphatic carbocycles. The maximum atomic E-state index is 2.32. The van der Waals surface area contributed by atoms with Crippen LogP contribution in [0.2, 0.25) is 0 Å². The third-order valence-electron chi connectivity index (χ3n) is 3.71. The normalized spacial score (nSPS) is 20.3. The zero-order valence-electron chi connectivity index (χ0n) is 7.38. The van der Waals surface area contributed by atoms with Gasteiger partial charge in [0.15, 0.2) is 0 Å². The van der Waals surface area contributed by atoms with Crippen LogP contribution in [0.15, 0.2) is 36.4 Å². The van der Waals surface area contributed by atoms with E-state index in [1.807, 2.05) is 0 Å². The van der Waals surface area contributed by atoms with Crippen LogP contribution in [0.5, 0.6) is 0 Å². The molecule has 62 valence electrons. The second-order valence-corrected chi connectivity index (χ2v) is 4.29. The minimum absolute atomic E-state index is 0.487. The fourth-order valence-corrected chi connectivity index (χ4v) is 2.94. The van der Waals surface area contributed by atoms with Gasteiger partial charge in [-0.2, -0.15) is 0 Å². The molecule has 1 spiro atoms. The minimum atomic E-state index is 0.487. The SMILES string of the molecule is c1ccc2c3ccc(c-3c1)C21CC1. The van der Waals surface area contributed by atoms with Gasteiger partial charge in [-0.15, -0.1) is 0 Å². The molecule has 0 radical (unpaired) electrons. The third kappa shape index (κ3) is 0.514. The van der Waals surface area contributed by atoms with Crippen LogP contribution in [-0.2, 0) is 5.41 Å². The Kier molecular flexibility index (Phi) is 0.787. The lowest BCUT2D eigenvalue weighted by Crippen LogP contribution is -2.03. The van der Waals surface area contributed by atoms with E-state index in [1.54, 1.807) is 11.1 Å². The molecule has 0 N–H and O–H groups in total. The largest absolute Gasteiger partial charge is 0.0619 e. The topological polar surface area (TPSA) is 0 Å². The zero-order chi connectivity index (χ0) is 8.47. The van der Waals surface area contributed by atoms with Gasteiger partial charge >= 0.3 is 0 Å². The Morgan fingerprint density at radius 3 is 2.31 bits per heavy atom. The van der Waals surface area contributed by atoms with E-state index in [9.17, 15) is 0 Å². The van der Waals surface area contributed by atoms with E-state index < -0.39 is 0 Å². The quantitative estimate of drug-likeness (QED) is 0.564. The first kappa shape index (κ1) is 6.20. The lowest BCUT2D eigenvalue weighted by molar-refractivity contribution is 0.875. The minimum Gasteiger partial charge on any atom is -0.0619 e. The molecule has 4 rings (SSSR count). The summed E-state index contributed by atoms with van der Waals surface area (Å²) in [6, 6.07) is 13.5. The lowest BCUT2D eigenvalue weighted by Gasteiger charge is -2.10. The average Bonchev–Trinajstić information content (AvgIpc) is 2.81. The van der Waals surface area contributed by atoms with Gasteiger partial charge in [-0.1, -0.05) is 36.4 Å². The highest BCUT2D eigenvalue weighted by molar-refractivity contribution is 5.85. The van der Waals surface area contributed by atoms with E-state index in [1.165, 1.54) is 24.0 Å². The van der Waals surface area contributed by atoms with Gasteiger partial charge in [0, 0.05) is 5.41 Å². The van der Waals surface area contributed by atoms with Crippen molar-refractivity contribution in [2.24, 2.45) is 0 Å². The number of rotatable bonds is 0. The molecule has 0 aliphatic heterocycles. The van der Waals surface area contributed by atoms with Gasteiger partial charge in [0.1, 0.15) is 0 Å². The molecule has 0 heteroatoms. The first-order valence-electron chi connectivity index (χ1n) is 4.95. The van der Waals surface area contributed by atoms with E-state index in [0.717, 1.165) is 0 Å². The van der Waals surface area contributed by atoms with E-state index >= 15 is 0 Å². The Morgan fingerprint density at radius 2 is 1.46 bits per heavy atom. The van der Waals surface area contributed by atoms with Gasteiger partial charge < -0.3 is 0 Å². The van der Waals surface area contributed by atoms with Crippen LogP contribution >= 0.6 is 0 Å². The Morgan fingerprint density at radius 1 is 0.769 bits per heavy atom. The molecule has 13 heavy (non-hydrogen) atoms. The Labute approximate surface area is 77.6 Å². The average molecular weight is 166 g/mol. The van der Waals surface area contributed by atoms with Gasteiger partial charge in [-0.3, -0.25) is 0 Å². The Bertz CT molecular complexity index is 478. The summed E-state index contributed by atoms with van der Waals surface area (Å²) in [6.45, 7) is 0. The van der Waals surface area contributed by atoms with Crippen molar-refractivity contribution in [1.29, 1.82) is 0 Å². The van der Waals surface area contributed by atoms with Crippen molar-refractivity contribution in [1.82, 2.24) is 0 Å². The lowest BCUT2D eigenvalue weighted by atomic mass is 9.93. The predicted octanol–water partition coefficient (Wildman–Crippen LogP) is 3.18. The molecule has 0 aromatic carbocycles. The fourth-order valence-electron chi connectivity index (χ4n) is 2.94. The summed E-state index contributed by atoms with van der Waals surface area (Å²) >= 11 is 0. The fraction of sp³-hybridized carbons (Fsp3) is 0.231. The van der Waals surface area contributed by atoms with Crippen molar-refractivity contribution in [2.45, 2.75) is 18.3 Å². The predicted molar refractivity (Wildman–Crippen MR) is 53.1 cm³/mol. The first-order valence-corrected chi connectivity index (χ1v) is 4.95. The highest BCUT2D eigenvalue weighted by Gasteiger charge is 2.52. The molecule has 4 aliphatic rings. The third-order valence-corrected chi connectivity index (χ3v) is 3.71. The van der Waals surface area contributed by atoms with Crippen LogP contribution in [0.25, 0.3) is 11.1 Å². The van der Waals surface area contributed by atoms with Crippen LogP contribution in [0.1, 0.15) is 24.0 Å². The summed E-state index contributed by atoms with van der Waals surface area (Å²) in [5, 5.41) is 0. The van der Waals surface area contributed by atoms with Gasteiger partial charge in [0.05, 0.1) is 0 Å². The highest BCUT2D eigenvalue weighted by atomic mass is 14.6. The Hall–Kier alpha value is -1.30.